The molecule has 0 aliphatic carbocycles. The van der Waals surface area contributed by atoms with E-state index >= 15 is 0 Å². The lowest BCUT2D eigenvalue weighted by Gasteiger charge is -2.09. The number of hydrogen-bond donors (Lipinski definition) is 1. The summed E-state index contributed by atoms with van der Waals surface area (Å²) in [4.78, 5) is 1.24. The summed E-state index contributed by atoms with van der Waals surface area (Å²) in [6.45, 7) is 0.684. The highest BCUT2D eigenvalue weighted by molar-refractivity contribution is 7.98. The second-order valence-corrected chi connectivity index (χ2v) is 5.29. The van der Waals surface area contributed by atoms with Gasteiger partial charge < -0.3 is 5.32 Å². The van der Waals surface area contributed by atoms with Gasteiger partial charge in [-0.25, -0.2) is 0 Å². The molecule has 0 heterocycles. The number of nitrogens with zero attached hydrogens (tertiary/aromatic N) is 1. The lowest BCUT2D eigenvalue weighted by molar-refractivity contribution is 1.14. The van der Waals surface area contributed by atoms with Gasteiger partial charge in [-0.1, -0.05) is 23.7 Å². The molecular weight excluding hydrogens is 276 g/mol. The van der Waals surface area contributed by atoms with Gasteiger partial charge in [-0.15, -0.1) is 11.8 Å². The van der Waals surface area contributed by atoms with Crippen LogP contribution < -0.4 is 5.32 Å². The third-order valence-corrected chi connectivity index (χ3v) is 3.81. The lowest BCUT2D eigenvalue weighted by Crippen LogP contribution is -2.00. The molecule has 0 unspecified atom stereocenters. The Balaban J connectivity index is 2.07. The van der Waals surface area contributed by atoms with Gasteiger partial charge in [0.15, 0.2) is 0 Å². The second-order valence-electron chi connectivity index (χ2n) is 4.01. The smallest absolute Gasteiger partial charge is 0.0992 e. The largest absolute Gasteiger partial charge is 0.380 e. The third-order valence-electron chi connectivity index (χ3n) is 2.74. The van der Waals surface area contributed by atoms with E-state index in [1.807, 2.05) is 0 Å². The monoisotopic (exact) mass is 288 g/mol. The number of nitriles is 1. The predicted octanol–water partition coefficient (Wildman–Crippen LogP) is 4.55. The van der Waals surface area contributed by atoms with Crippen LogP contribution in [0.15, 0.2) is 47.4 Å². The molecule has 0 radical (unpaired) electrons. The SMILES string of the molecule is CSc1ccc(CNc2cc(C#N)ccc2Cl)cc1. The zero-order valence-corrected chi connectivity index (χ0v) is 12.1. The summed E-state index contributed by atoms with van der Waals surface area (Å²) in [5.74, 6) is 0. The van der Waals surface area contributed by atoms with Crippen LogP contribution in [0.1, 0.15) is 11.1 Å². The van der Waals surface area contributed by atoms with Crippen LogP contribution in [0.25, 0.3) is 0 Å². The Morgan fingerprint density at radius 2 is 1.95 bits per heavy atom. The number of halogens is 1. The minimum Gasteiger partial charge on any atom is -0.380 e. The van der Waals surface area contributed by atoms with Crippen LogP contribution in [0, 0.1) is 11.3 Å². The molecule has 0 saturated carbocycles. The molecule has 0 bridgehead atoms. The van der Waals surface area contributed by atoms with Gasteiger partial charge in [-0.3, -0.25) is 0 Å². The van der Waals surface area contributed by atoms with Crippen molar-refractivity contribution in [3.8, 4) is 6.07 Å². The number of rotatable bonds is 4. The van der Waals surface area contributed by atoms with Gasteiger partial charge >= 0.3 is 0 Å². The minimum atomic E-state index is 0.602. The molecular formula is C15H13ClN2S. The van der Waals surface area contributed by atoms with Crippen LogP contribution in [-0.2, 0) is 6.54 Å². The maximum absolute atomic E-state index is 8.87. The first kappa shape index (κ1) is 13.8. The van der Waals surface area contributed by atoms with Crippen LogP contribution >= 0.6 is 23.4 Å². The van der Waals surface area contributed by atoms with Crippen molar-refractivity contribution in [2.45, 2.75) is 11.4 Å². The minimum absolute atomic E-state index is 0.602. The fourth-order valence-corrected chi connectivity index (χ4v) is 2.26. The molecule has 0 spiro atoms. The average Bonchev–Trinajstić information content (AvgIpc) is 2.47. The first-order chi connectivity index (χ1) is 9.22. The Labute approximate surface area is 122 Å². The van der Waals surface area contributed by atoms with Crippen molar-refractivity contribution in [3.63, 3.8) is 0 Å². The summed E-state index contributed by atoms with van der Waals surface area (Å²) in [5.41, 5.74) is 2.57. The van der Waals surface area contributed by atoms with E-state index < -0.39 is 0 Å². The van der Waals surface area contributed by atoms with E-state index in [4.69, 9.17) is 16.9 Å². The molecule has 0 fully saturated rings. The van der Waals surface area contributed by atoms with Crippen molar-refractivity contribution in [1.82, 2.24) is 0 Å². The number of nitrogens with one attached hydrogen (secondary N) is 1. The quantitative estimate of drug-likeness (QED) is 0.839. The van der Waals surface area contributed by atoms with E-state index in [0.29, 0.717) is 17.1 Å². The molecule has 2 aromatic rings. The van der Waals surface area contributed by atoms with Crippen molar-refractivity contribution >= 4 is 29.1 Å². The van der Waals surface area contributed by atoms with Crippen LogP contribution in [0.3, 0.4) is 0 Å². The molecule has 0 atom stereocenters. The second kappa shape index (κ2) is 6.51. The fraction of sp³-hybridized carbons (Fsp3) is 0.133. The van der Waals surface area contributed by atoms with Gasteiger partial charge in [0.2, 0.25) is 0 Å². The van der Waals surface area contributed by atoms with Crippen LogP contribution in [-0.4, -0.2) is 6.26 Å². The van der Waals surface area contributed by atoms with Gasteiger partial charge in [-0.05, 0) is 42.2 Å². The van der Waals surface area contributed by atoms with Gasteiger partial charge in [0.25, 0.3) is 0 Å². The van der Waals surface area contributed by atoms with Gasteiger partial charge in [0.05, 0.1) is 22.3 Å². The first-order valence-electron chi connectivity index (χ1n) is 5.79. The molecule has 2 nitrogen and oxygen atoms in total. The van der Waals surface area contributed by atoms with Crippen molar-refractivity contribution in [1.29, 1.82) is 5.26 Å². The fourth-order valence-electron chi connectivity index (χ4n) is 1.67. The van der Waals surface area contributed by atoms with Crippen molar-refractivity contribution in [3.05, 3.63) is 58.6 Å². The van der Waals surface area contributed by atoms with Crippen molar-refractivity contribution in [2.24, 2.45) is 0 Å². The topological polar surface area (TPSA) is 35.8 Å². The van der Waals surface area contributed by atoms with E-state index in [9.17, 15) is 0 Å². The van der Waals surface area contributed by atoms with Crippen LogP contribution in [0.5, 0.6) is 0 Å². The number of benzene rings is 2. The van der Waals surface area contributed by atoms with E-state index in [0.717, 1.165) is 5.69 Å². The molecule has 0 saturated heterocycles. The van der Waals surface area contributed by atoms with Crippen LogP contribution in [0.2, 0.25) is 5.02 Å². The summed E-state index contributed by atoms with van der Waals surface area (Å²) in [5, 5.41) is 12.7. The summed E-state index contributed by atoms with van der Waals surface area (Å²) in [6.07, 6.45) is 2.06. The number of thioether (sulfide) groups is 1. The zero-order valence-electron chi connectivity index (χ0n) is 10.5. The molecule has 96 valence electrons. The summed E-state index contributed by atoms with van der Waals surface area (Å²) < 4.78 is 0. The highest BCUT2D eigenvalue weighted by atomic mass is 35.5. The Kier molecular flexibility index (Phi) is 4.73. The predicted molar refractivity (Wildman–Crippen MR) is 81.7 cm³/mol. The summed E-state index contributed by atoms with van der Waals surface area (Å²) in [7, 11) is 0. The van der Waals surface area contributed by atoms with E-state index in [1.165, 1.54) is 10.5 Å². The molecule has 2 aromatic carbocycles. The Morgan fingerprint density at radius 3 is 2.58 bits per heavy atom. The Bertz CT molecular complexity index is 603. The molecule has 0 aliphatic heterocycles. The maximum atomic E-state index is 8.87. The normalized spacial score (nSPS) is 9.95. The Morgan fingerprint density at radius 1 is 1.21 bits per heavy atom. The van der Waals surface area contributed by atoms with Crippen molar-refractivity contribution in [2.75, 3.05) is 11.6 Å². The number of anilines is 1. The van der Waals surface area contributed by atoms with Gasteiger partial charge in [0, 0.05) is 11.4 Å². The van der Waals surface area contributed by atoms with Gasteiger partial charge in [-0.2, -0.15) is 5.26 Å². The highest BCUT2D eigenvalue weighted by Crippen LogP contribution is 2.23. The standard InChI is InChI=1S/C15H13ClN2S/c1-19-13-5-2-11(3-6-13)10-18-15-8-12(9-17)4-7-14(15)16/h2-8,18H,10H2,1H3. The van der Waals surface area contributed by atoms with Crippen LogP contribution in [0.4, 0.5) is 5.69 Å². The molecule has 0 aromatic heterocycles. The lowest BCUT2D eigenvalue weighted by atomic mass is 10.2. The van der Waals surface area contributed by atoms with Gasteiger partial charge in [0.1, 0.15) is 0 Å². The molecule has 2 rings (SSSR count). The zero-order chi connectivity index (χ0) is 13.7. The first-order valence-corrected chi connectivity index (χ1v) is 7.39. The summed E-state index contributed by atoms with van der Waals surface area (Å²) >= 11 is 7.81. The molecule has 1 N–H and O–H groups in total. The van der Waals surface area contributed by atoms with E-state index in [1.54, 1.807) is 30.0 Å². The van der Waals surface area contributed by atoms with Crippen molar-refractivity contribution < 1.29 is 0 Å². The Hall–Kier alpha value is -1.63. The molecule has 4 heteroatoms. The third kappa shape index (κ3) is 3.66. The highest BCUT2D eigenvalue weighted by Gasteiger charge is 2.02. The molecule has 0 amide bonds. The maximum Gasteiger partial charge on any atom is 0.0992 e. The molecule has 0 aliphatic rings. The number of hydrogen-bond acceptors (Lipinski definition) is 3. The van der Waals surface area contributed by atoms with E-state index in [2.05, 4.69) is 41.9 Å². The van der Waals surface area contributed by atoms with E-state index in [-0.39, 0.29) is 0 Å². The average molecular weight is 289 g/mol. The summed E-state index contributed by atoms with van der Waals surface area (Å²) in [6, 6.07) is 15.7. The molecule has 19 heavy (non-hydrogen) atoms.